The molecule has 9 nitrogen and oxygen atoms in total. The molecule has 1 fully saturated rings. The first-order valence-corrected chi connectivity index (χ1v) is 12.5. The first-order chi connectivity index (χ1) is 17.5. The Labute approximate surface area is 210 Å². The molecule has 9 heteroatoms. The Morgan fingerprint density at radius 3 is 2.89 bits per heavy atom. The number of aryl methyl sites for hydroxylation is 1. The summed E-state index contributed by atoms with van der Waals surface area (Å²) in [5.74, 6) is -0.133. The number of cyclic esters (lactones) is 1. The topological polar surface area (TPSA) is 103 Å². The molecular weight excluding hydrogens is 456 g/mol. The Morgan fingerprint density at radius 2 is 2.11 bits per heavy atom. The molecule has 2 amide bonds. The van der Waals surface area contributed by atoms with Gasteiger partial charge in [0.15, 0.2) is 0 Å². The van der Waals surface area contributed by atoms with E-state index in [1.807, 2.05) is 6.07 Å². The van der Waals surface area contributed by atoms with Crippen LogP contribution in [0.5, 0.6) is 0 Å². The van der Waals surface area contributed by atoms with E-state index in [1.54, 1.807) is 11.1 Å². The van der Waals surface area contributed by atoms with Gasteiger partial charge in [0.05, 0.1) is 25.0 Å². The van der Waals surface area contributed by atoms with Gasteiger partial charge in [0.25, 0.3) is 0 Å². The number of amides is 2. The largest absolute Gasteiger partial charge is 0.442 e. The van der Waals surface area contributed by atoms with Crippen LogP contribution in [-0.4, -0.2) is 64.6 Å². The predicted octanol–water partition coefficient (Wildman–Crippen LogP) is 3.10. The highest BCUT2D eigenvalue weighted by Crippen LogP contribution is 2.32. The number of rotatable bonds is 8. The molecule has 2 aliphatic rings. The number of anilines is 1. The number of ether oxygens (including phenoxy) is 1. The van der Waals surface area contributed by atoms with Crippen molar-refractivity contribution in [1.29, 1.82) is 0 Å². The number of fused-ring (bicyclic) bond motifs is 1. The minimum Gasteiger partial charge on any atom is -0.442 e. The number of H-pyrrole nitrogens is 1. The first kappa shape index (κ1) is 24.0. The van der Waals surface area contributed by atoms with E-state index in [1.165, 1.54) is 34.7 Å². The third-order valence-corrected chi connectivity index (χ3v) is 6.99. The Kier molecular flexibility index (Phi) is 6.99. The average Bonchev–Trinajstić information content (AvgIpc) is 3.55. The molecule has 1 aromatic heterocycles. The van der Waals surface area contributed by atoms with Crippen LogP contribution < -0.4 is 10.2 Å². The van der Waals surface area contributed by atoms with Crippen LogP contribution in [-0.2, 0) is 35.3 Å². The van der Waals surface area contributed by atoms with Gasteiger partial charge in [-0.1, -0.05) is 31.2 Å². The van der Waals surface area contributed by atoms with Crippen LogP contribution in [0.4, 0.5) is 10.5 Å². The summed E-state index contributed by atoms with van der Waals surface area (Å²) in [7, 11) is 0. The fourth-order valence-corrected chi connectivity index (χ4v) is 5.01. The number of hydrogen-bond acceptors (Lipinski definition) is 6. The van der Waals surface area contributed by atoms with Crippen molar-refractivity contribution in [2.24, 2.45) is 0 Å². The summed E-state index contributed by atoms with van der Waals surface area (Å²) in [5, 5.41) is 13.4. The Morgan fingerprint density at radius 1 is 1.22 bits per heavy atom. The molecule has 0 radical (unpaired) electrons. The number of carbonyl (C=O) groups is 2. The smallest absolute Gasteiger partial charge is 0.414 e. The number of benzene rings is 2. The van der Waals surface area contributed by atoms with Crippen molar-refractivity contribution in [2.75, 3.05) is 31.1 Å². The van der Waals surface area contributed by atoms with Gasteiger partial charge in [0.1, 0.15) is 6.10 Å². The van der Waals surface area contributed by atoms with E-state index >= 15 is 0 Å². The summed E-state index contributed by atoms with van der Waals surface area (Å²) >= 11 is 0. The van der Waals surface area contributed by atoms with Gasteiger partial charge >= 0.3 is 6.09 Å². The number of nitrogens with zero attached hydrogens (tertiary/aromatic N) is 4. The van der Waals surface area contributed by atoms with Crippen LogP contribution in [0.3, 0.4) is 0 Å². The van der Waals surface area contributed by atoms with Gasteiger partial charge < -0.3 is 10.1 Å². The summed E-state index contributed by atoms with van der Waals surface area (Å²) in [5.41, 5.74) is 8.20. The number of nitrogens with one attached hydrogen (secondary N) is 2. The van der Waals surface area contributed by atoms with Crippen molar-refractivity contribution in [2.45, 2.75) is 45.8 Å². The number of carbonyl (C=O) groups excluding carboxylic acids is 2. The van der Waals surface area contributed by atoms with Crippen molar-refractivity contribution in [1.82, 2.24) is 25.6 Å². The van der Waals surface area contributed by atoms with Crippen molar-refractivity contribution in [3.05, 3.63) is 65.0 Å². The molecule has 0 bridgehead atoms. The zero-order chi connectivity index (χ0) is 25.1. The Bertz CT molecular complexity index is 1240. The van der Waals surface area contributed by atoms with Crippen molar-refractivity contribution >= 4 is 17.7 Å². The lowest BCUT2D eigenvalue weighted by atomic mass is 9.91. The molecule has 1 saturated heterocycles. The quantitative estimate of drug-likeness (QED) is 0.505. The second kappa shape index (κ2) is 10.5. The Balaban J connectivity index is 1.28. The molecule has 2 aromatic carbocycles. The van der Waals surface area contributed by atoms with Crippen LogP contribution in [0, 0.1) is 0 Å². The van der Waals surface area contributed by atoms with E-state index in [4.69, 9.17) is 4.74 Å². The van der Waals surface area contributed by atoms with Gasteiger partial charge in [-0.05, 0) is 52.8 Å². The number of aromatic amines is 1. The van der Waals surface area contributed by atoms with Gasteiger partial charge in [-0.15, -0.1) is 0 Å². The normalized spacial score (nSPS) is 17.7. The van der Waals surface area contributed by atoms with E-state index in [-0.39, 0.29) is 18.1 Å². The van der Waals surface area contributed by atoms with Gasteiger partial charge in [-0.25, -0.2) is 4.79 Å². The second-order valence-corrected chi connectivity index (χ2v) is 9.47. The van der Waals surface area contributed by atoms with Crippen molar-refractivity contribution in [3.8, 4) is 11.1 Å². The third kappa shape index (κ3) is 5.26. The maximum absolute atomic E-state index is 12.5. The Hall–Kier alpha value is -3.72. The zero-order valence-electron chi connectivity index (χ0n) is 20.8. The summed E-state index contributed by atoms with van der Waals surface area (Å²) in [6, 6.07) is 13.0. The van der Waals surface area contributed by atoms with Crippen molar-refractivity contribution in [3.63, 3.8) is 0 Å². The maximum Gasteiger partial charge on any atom is 0.414 e. The zero-order valence-corrected chi connectivity index (χ0v) is 20.8. The minimum atomic E-state index is -0.373. The molecule has 2 N–H and O–H groups in total. The van der Waals surface area contributed by atoms with Gasteiger partial charge in [0.2, 0.25) is 5.91 Å². The molecule has 3 aromatic rings. The number of hydrogen-bond donors (Lipinski definition) is 2. The van der Waals surface area contributed by atoms with E-state index in [9.17, 15) is 9.59 Å². The van der Waals surface area contributed by atoms with E-state index < -0.39 is 0 Å². The van der Waals surface area contributed by atoms with Crippen LogP contribution in [0.25, 0.3) is 11.1 Å². The minimum absolute atomic E-state index is 0.133. The second-order valence-electron chi connectivity index (χ2n) is 9.47. The average molecular weight is 489 g/mol. The fraction of sp³-hybridized carbons (Fsp3) is 0.407. The molecule has 5 rings (SSSR count). The molecule has 0 aliphatic carbocycles. The molecule has 188 valence electrons. The third-order valence-electron chi connectivity index (χ3n) is 6.99. The van der Waals surface area contributed by atoms with E-state index in [2.05, 4.69) is 62.9 Å². The molecule has 3 heterocycles. The molecule has 2 aliphatic heterocycles. The summed E-state index contributed by atoms with van der Waals surface area (Å²) < 4.78 is 5.44. The molecule has 1 atom stereocenters. The van der Waals surface area contributed by atoms with Gasteiger partial charge in [-0.3, -0.25) is 14.6 Å². The fourth-order valence-electron chi connectivity index (χ4n) is 5.01. The van der Waals surface area contributed by atoms with Crippen LogP contribution in [0.1, 0.15) is 36.2 Å². The van der Waals surface area contributed by atoms with E-state index in [0.717, 1.165) is 50.3 Å². The van der Waals surface area contributed by atoms with Crippen LogP contribution in [0.15, 0.2) is 42.6 Å². The summed E-state index contributed by atoms with van der Waals surface area (Å²) in [6.07, 6.45) is 3.85. The van der Waals surface area contributed by atoms with Gasteiger partial charge in [0, 0.05) is 38.7 Å². The molecule has 0 spiro atoms. The SMILES string of the molecule is CCc1cc(N2CC(CNC(C)=O)OC2=O)ccc1-c1ccc2c(c1)CCN(CCc1cn[nH]n1)C2. The highest BCUT2D eigenvalue weighted by atomic mass is 16.6. The van der Waals surface area contributed by atoms with Gasteiger partial charge in [-0.2, -0.15) is 15.4 Å². The van der Waals surface area contributed by atoms with E-state index in [0.29, 0.717) is 13.1 Å². The van der Waals surface area contributed by atoms with Crippen LogP contribution >= 0.6 is 0 Å². The van der Waals surface area contributed by atoms with Crippen molar-refractivity contribution < 1.29 is 14.3 Å². The molecule has 36 heavy (non-hydrogen) atoms. The molecule has 0 saturated carbocycles. The predicted molar refractivity (Wildman–Crippen MR) is 137 cm³/mol. The lowest BCUT2D eigenvalue weighted by molar-refractivity contribution is -0.119. The monoisotopic (exact) mass is 488 g/mol. The standard InChI is InChI=1S/C27H32N6O3/c1-3-19-13-24(33-17-25(36-27(33)35)15-28-18(2)34)6-7-26(19)21-4-5-22-16-32(10-8-20(22)12-21)11-9-23-14-29-31-30-23/h4-7,12-14,25H,3,8-11,15-17H2,1-2H3,(H,28,34)(H,29,30,31). The number of aromatic nitrogens is 3. The lowest BCUT2D eigenvalue weighted by Crippen LogP contribution is -2.33. The molecule has 1 unspecified atom stereocenters. The molecular formula is C27H32N6O3. The summed E-state index contributed by atoms with van der Waals surface area (Å²) in [4.78, 5) is 27.8. The summed E-state index contributed by atoms with van der Waals surface area (Å²) in [6.45, 7) is 7.29. The highest BCUT2D eigenvalue weighted by Gasteiger charge is 2.32. The maximum atomic E-state index is 12.5. The lowest BCUT2D eigenvalue weighted by Gasteiger charge is -2.29. The highest BCUT2D eigenvalue weighted by molar-refractivity contribution is 5.90. The first-order valence-electron chi connectivity index (χ1n) is 12.5. The van der Waals surface area contributed by atoms with Crippen LogP contribution in [0.2, 0.25) is 0 Å².